The van der Waals surface area contributed by atoms with Gasteiger partial charge in [0.25, 0.3) is 0 Å². The second-order valence-electron chi connectivity index (χ2n) is 3.09. The maximum absolute atomic E-state index is 11.9. The van der Waals surface area contributed by atoms with Gasteiger partial charge >= 0.3 is 6.18 Å². The summed E-state index contributed by atoms with van der Waals surface area (Å²) in [6.45, 7) is 0.567. The molecule has 0 aromatic rings. The van der Waals surface area contributed by atoms with Gasteiger partial charge in [0.05, 0.1) is 12.5 Å². The van der Waals surface area contributed by atoms with Crippen molar-refractivity contribution in [2.24, 2.45) is 0 Å². The Hall–Kier alpha value is -0.290. The monoisotopic (exact) mass is 183 g/mol. The Bertz CT molecular complexity index is 148. The lowest BCUT2D eigenvalue weighted by atomic mass is 9.99. The van der Waals surface area contributed by atoms with Crippen molar-refractivity contribution in [3.63, 3.8) is 0 Å². The molecule has 0 aliphatic carbocycles. The minimum absolute atomic E-state index is 0.466. The van der Waals surface area contributed by atoms with Gasteiger partial charge in [-0.1, -0.05) is 0 Å². The normalized spacial score (nSPS) is 32.0. The zero-order valence-electron chi connectivity index (χ0n) is 6.56. The molecule has 0 radical (unpaired) electrons. The lowest BCUT2D eigenvalue weighted by molar-refractivity contribution is -0.148. The summed E-state index contributed by atoms with van der Waals surface area (Å²) < 4.78 is 35.6. The van der Waals surface area contributed by atoms with Gasteiger partial charge in [-0.2, -0.15) is 13.2 Å². The first-order chi connectivity index (χ1) is 5.49. The van der Waals surface area contributed by atoms with Gasteiger partial charge in [0.1, 0.15) is 0 Å². The van der Waals surface area contributed by atoms with Crippen molar-refractivity contribution in [1.29, 1.82) is 0 Å². The first-order valence-corrected chi connectivity index (χ1v) is 3.97. The maximum Gasteiger partial charge on any atom is 0.390 e. The Morgan fingerprint density at radius 2 is 2.08 bits per heavy atom. The Morgan fingerprint density at radius 1 is 1.42 bits per heavy atom. The highest BCUT2D eigenvalue weighted by Crippen LogP contribution is 2.25. The Morgan fingerprint density at radius 3 is 2.58 bits per heavy atom. The van der Waals surface area contributed by atoms with Gasteiger partial charge in [-0.25, -0.2) is 0 Å². The van der Waals surface area contributed by atoms with E-state index in [9.17, 15) is 13.2 Å². The number of piperidine rings is 1. The highest BCUT2D eigenvalue weighted by molar-refractivity contribution is 4.82. The molecule has 0 spiro atoms. The van der Waals surface area contributed by atoms with E-state index in [1.807, 2.05) is 0 Å². The van der Waals surface area contributed by atoms with Crippen LogP contribution in [0.3, 0.4) is 0 Å². The van der Waals surface area contributed by atoms with Crippen LogP contribution in [0.2, 0.25) is 0 Å². The Labute approximate surface area is 68.8 Å². The molecular formula is C7H12F3NO. The van der Waals surface area contributed by atoms with Gasteiger partial charge in [0.2, 0.25) is 0 Å². The zero-order valence-corrected chi connectivity index (χ0v) is 6.56. The molecule has 1 rings (SSSR count). The summed E-state index contributed by atoms with van der Waals surface area (Å²) in [6, 6.07) is -0.807. The van der Waals surface area contributed by atoms with Crippen molar-refractivity contribution in [2.75, 3.05) is 6.54 Å². The average molecular weight is 183 g/mol. The highest BCUT2D eigenvalue weighted by Gasteiger charge is 2.35. The molecular weight excluding hydrogens is 171 g/mol. The van der Waals surface area contributed by atoms with Crippen LogP contribution in [-0.4, -0.2) is 30.0 Å². The molecule has 1 heterocycles. The van der Waals surface area contributed by atoms with E-state index in [1.165, 1.54) is 0 Å². The number of nitrogens with one attached hydrogen (secondary N) is 1. The number of hydrogen-bond acceptors (Lipinski definition) is 2. The number of halogens is 3. The Kier molecular flexibility index (Phi) is 2.95. The zero-order chi connectivity index (χ0) is 9.19. The molecule has 1 saturated heterocycles. The quantitative estimate of drug-likeness (QED) is 0.637. The molecule has 0 amide bonds. The minimum Gasteiger partial charge on any atom is -0.392 e. The Balaban J connectivity index is 2.39. The van der Waals surface area contributed by atoms with E-state index in [0.717, 1.165) is 6.42 Å². The third-order valence-corrected chi connectivity index (χ3v) is 2.00. The fraction of sp³-hybridized carbons (Fsp3) is 1.00. The van der Waals surface area contributed by atoms with E-state index >= 15 is 0 Å². The van der Waals surface area contributed by atoms with Gasteiger partial charge in [-0.05, 0) is 19.4 Å². The lowest BCUT2D eigenvalue weighted by Crippen LogP contribution is -2.47. The van der Waals surface area contributed by atoms with Gasteiger partial charge in [-0.3, -0.25) is 0 Å². The fourth-order valence-electron chi connectivity index (χ4n) is 1.39. The van der Waals surface area contributed by atoms with Gasteiger partial charge in [0.15, 0.2) is 0 Å². The smallest absolute Gasteiger partial charge is 0.390 e. The van der Waals surface area contributed by atoms with Crippen LogP contribution in [0.1, 0.15) is 19.3 Å². The lowest BCUT2D eigenvalue weighted by Gasteiger charge is -2.29. The largest absolute Gasteiger partial charge is 0.392 e. The predicted octanol–water partition coefficient (Wildman–Crippen LogP) is 1.05. The molecule has 72 valence electrons. The molecule has 0 saturated carbocycles. The molecule has 5 heteroatoms. The van der Waals surface area contributed by atoms with E-state index in [1.54, 1.807) is 0 Å². The molecule has 0 bridgehead atoms. The van der Waals surface area contributed by atoms with Crippen LogP contribution in [0.5, 0.6) is 0 Å². The molecule has 2 atom stereocenters. The molecule has 12 heavy (non-hydrogen) atoms. The van der Waals surface area contributed by atoms with Crippen LogP contribution in [0, 0.1) is 0 Å². The minimum atomic E-state index is -4.18. The summed E-state index contributed by atoms with van der Waals surface area (Å²) >= 11 is 0. The maximum atomic E-state index is 11.9. The van der Waals surface area contributed by atoms with Crippen LogP contribution in [-0.2, 0) is 0 Å². The summed E-state index contributed by atoms with van der Waals surface area (Å²) in [5.74, 6) is 0. The molecule has 1 aliphatic rings. The van der Waals surface area contributed by atoms with Crippen molar-refractivity contribution >= 4 is 0 Å². The molecule has 2 nitrogen and oxygen atoms in total. The topological polar surface area (TPSA) is 32.3 Å². The molecule has 2 N–H and O–H groups in total. The molecule has 2 unspecified atom stereocenters. The van der Waals surface area contributed by atoms with Gasteiger partial charge in [-0.15, -0.1) is 0 Å². The van der Waals surface area contributed by atoms with E-state index in [-0.39, 0.29) is 0 Å². The number of aliphatic hydroxyl groups excluding tert-OH is 1. The van der Waals surface area contributed by atoms with Crippen molar-refractivity contribution in [1.82, 2.24) is 5.32 Å². The van der Waals surface area contributed by atoms with Crippen molar-refractivity contribution < 1.29 is 18.3 Å². The number of rotatable bonds is 1. The second-order valence-corrected chi connectivity index (χ2v) is 3.09. The summed E-state index contributed by atoms with van der Waals surface area (Å²) in [6.07, 6.45) is -4.76. The molecule has 1 fully saturated rings. The van der Waals surface area contributed by atoms with E-state index in [2.05, 4.69) is 5.32 Å². The van der Waals surface area contributed by atoms with E-state index in [0.29, 0.717) is 13.0 Å². The standard InChI is InChI=1S/C7H12F3NO/c8-7(9,10)4-5-6(12)2-1-3-11-5/h5-6,11-12H,1-4H2. The average Bonchev–Trinajstić information content (AvgIpc) is 1.91. The highest BCUT2D eigenvalue weighted by atomic mass is 19.4. The van der Waals surface area contributed by atoms with Crippen LogP contribution in [0.25, 0.3) is 0 Å². The fourth-order valence-corrected chi connectivity index (χ4v) is 1.39. The summed E-state index contributed by atoms with van der Waals surface area (Å²) in [5.41, 5.74) is 0. The number of aliphatic hydroxyl groups is 1. The van der Waals surface area contributed by atoms with Crippen molar-refractivity contribution in [3.05, 3.63) is 0 Å². The van der Waals surface area contributed by atoms with Crippen LogP contribution < -0.4 is 5.32 Å². The van der Waals surface area contributed by atoms with Crippen molar-refractivity contribution in [2.45, 2.75) is 37.6 Å². The van der Waals surface area contributed by atoms with Crippen LogP contribution in [0.15, 0.2) is 0 Å². The van der Waals surface area contributed by atoms with Crippen molar-refractivity contribution in [3.8, 4) is 0 Å². The number of hydrogen-bond donors (Lipinski definition) is 2. The molecule has 0 aromatic carbocycles. The van der Waals surface area contributed by atoms with Gasteiger partial charge < -0.3 is 10.4 Å². The van der Waals surface area contributed by atoms with Crippen LogP contribution >= 0.6 is 0 Å². The summed E-state index contributed by atoms with van der Waals surface area (Å²) in [4.78, 5) is 0. The molecule has 1 aliphatic heterocycles. The van der Waals surface area contributed by atoms with E-state index < -0.39 is 24.7 Å². The molecule has 0 aromatic heterocycles. The first-order valence-electron chi connectivity index (χ1n) is 3.97. The third-order valence-electron chi connectivity index (χ3n) is 2.00. The third kappa shape index (κ3) is 2.98. The summed E-state index contributed by atoms with van der Waals surface area (Å²) in [5, 5.41) is 11.8. The second kappa shape index (κ2) is 3.62. The van der Waals surface area contributed by atoms with Gasteiger partial charge in [0, 0.05) is 6.04 Å². The van der Waals surface area contributed by atoms with E-state index in [4.69, 9.17) is 5.11 Å². The SMILES string of the molecule is OC1CCCNC1CC(F)(F)F. The predicted molar refractivity (Wildman–Crippen MR) is 37.7 cm³/mol. The first kappa shape index (κ1) is 9.80. The van der Waals surface area contributed by atoms with Crippen LogP contribution in [0.4, 0.5) is 13.2 Å². The summed E-state index contributed by atoms with van der Waals surface area (Å²) in [7, 11) is 0. The number of alkyl halides is 3.